The standard InChI is InChI=1S/C25H28ClFN4O4/c1-34-22-10-19-16(25(29-13-28-19)30-18-4-2-3-17(26)24(18)27)9-23(22)35-15-7-5-14(6-8-15)31-11-20(32)21(33)12-31/h2-4,9-10,13-15,20-21,32-33H,5-8,11-12H2,1H3,(H,28,29,30)/t14?,15?,20-,21+. The fraction of sp³-hybridized carbons (Fsp3) is 0.440. The molecule has 1 aliphatic heterocycles. The number of aliphatic hydroxyl groups excluding tert-OH is 2. The van der Waals surface area contributed by atoms with Crippen LogP contribution in [0, 0.1) is 5.82 Å². The van der Waals surface area contributed by atoms with E-state index in [1.165, 1.54) is 12.4 Å². The maximum atomic E-state index is 14.5. The van der Waals surface area contributed by atoms with Crippen molar-refractivity contribution in [1.82, 2.24) is 14.9 Å². The van der Waals surface area contributed by atoms with Gasteiger partial charge in [0.25, 0.3) is 0 Å². The number of anilines is 2. The lowest BCUT2D eigenvalue weighted by Crippen LogP contribution is -2.39. The zero-order valence-corrected chi connectivity index (χ0v) is 20.1. The number of hydrogen-bond acceptors (Lipinski definition) is 8. The number of nitrogens with zero attached hydrogens (tertiary/aromatic N) is 3. The van der Waals surface area contributed by atoms with Crippen molar-refractivity contribution in [3.05, 3.63) is 47.5 Å². The van der Waals surface area contributed by atoms with Crippen LogP contribution in [0.5, 0.6) is 11.5 Å². The van der Waals surface area contributed by atoms with E-state index in [2.05, 4.69) is 20.2 Å². The van der Waals surface area contributed by atoms with E-state index < -0.39 is 18.0 Å². The minimum Gasteiger partial charge on any atom is -0.493 e. The van der Waals surface area contributed by atoms with Gasteiger partial charge in [-0.3, -0.25) is 4.90 Å². The molecule has 1 aliphatic carbocycles. The number of benzene rings is 2. The number of likely N-dealkylation sites (tertiary alicyclic amines) is 1. The molecule has 0 radical (unpaired) electrons. The minimum atomic E-state index is -0.670. The van der Waals surface area contributed by atoms with Crippen molar-refractivity contribution in [2.24, 2.45) is 0 Å². The summed E-state index contributed by atoms with van der Waals surface area (Å²) < 4.78 is 26.4. The van der Waals surface area contributed by atoms with Crippen LogP contribution in [0.2, 0.25) is 5.02 Å². The van der Waals surface area contributed by atoms with E-state index in [4.69, 9.17) is 21.1 Å². The molecule has 0 spiro atoms. The number of methoxy groups -OCH3 is 1. The maximum Gasteiger partial charge on any atom is 0.165 e. The molecule has 2 atom stereocenters. The van der Waals surface area contributed by atoms with E-state index in [9.17, 15) is 14.6 Å². The van der Waals surface area contributed by atoms with Gasteiger partial charge in [0.05, 0.1) is 41.6 Å². The number of hydrogen-bond donors (Lipinski definition) is 3. The van der Waals surface area contributed by atoms with Gasteiger partial charge in [0.2, 0.25) is 0 Å². The number of β-amino-alcohol motifs (C(OH)–C–C–N with tert-alkyl or cyclic N) is 2. The molecule has 3 aromatic rings. The first-order valence-electron chi connectivity index (χ1n) is 11.7. The van der Waals surface area contributed by atoms with Gasteiger partial charge in [-0.25, -0.2) is 14.4 Å². The van der Waals surface area contributed by atoms with E-state index in [1.54, 1.807) is 25.3 Å². The maximum absolute atomic E-state index is 14.5. The van der Waals surface area contributed by atoms with E-state index >= 15 is 0 Å². The Hall–Kier alpha value is -2.72. The predicted molar refractivity (Wildman–Crippen MR) is 131 cm³/mol. The topological polar surface area (TPSA) is 100.0 Å². The SMILES string of the molecule is COc1cc2ncnc(Nc3cccc(Cl)c3F)c2cc1OC1CCC(N2C[C@@H](O)[C@@H](O)C2)CC1. The summed E-state index contributed by atoms with van der Waals surface area (Å²) >= 11 is 5.93. The largest absolute Gasteiger partial charge is 0.493 e. The number of fused-ring (bicyclic) bond motifs is 1. The van der Waals surface area contributed by atoms with Crippen molar-refractivity contribution in [2.45, 2.75) is 50.0 Å². The van der Waals surface area contributed by atoms with Gasteiger partial charge < -0.3 is 25.0 Å². The molecule has 2 aliphatic rings. The third kappa shape index (κ3) is 4.99. The molecule has 1 saturated carbocycles. The van der Waals surface area contributed by atoms with Gasteiger partial charge in [0, 0.05) is 30.6 Å². The summed E-state index contributed by atoms with van der Waals surface area (Å²) in [5, 5.41) is 23.4. The third-order valence-corrected chi connectivity index (χ3v) is 7.16. The number of aliphatic hydroxyl groups is 2. The van der Waals surface area contributed by atoms with Gasteiger partial charge in [0.1, 0.15) is 12.1 Å². The molecule has 0 bridgehead atoms. The first kappa shape index (κ1) is 24.0. The molecule has 1 aromatic heterocycles. The van der Waals surface area contributed by atoms with Gasteiger partial charge in [-0.15, -0.1) is 0 Å². The number of ether oxygens (including phenoxy) is 2. The molecule has 0 unspecified atom stereocenters. The fourth-order valence-corrected chi connectivity index (χ4v) is 5.12. The molecule has 8 nitrogen and oxygen atoms in total. The molecule has 3 N–H and O–H groups in total. The van der Waals surface area contributed by atoms with Crippen molar-refractivity contribution >= 4 is 34.0 Å². The fourth-order valence-electron chi connectivity index (χ4n) is 4.95. The normalized spacial score (nSPS) is 25.1. The molecule has 1 saturated heterocycles. The Balaban J connectivity index is 1.34. The monoisotopic (exact) mass is 502 g/mol. The number of aromatic nitrogens is 2. The van der Waals surface area contributed by atoms with E-state index in [0.717, 1.165) is 25.7 Å². The van der Waals surface area contributed by atoms with Crippen molar-refractivity contribution < 1.29 is 24.1 Å². The highest BCUT2D eigenvalue weighted by molar-refractivity contribution is 6.31. The summed E-state index contributed by atoms with van der Waals surface area (Å²) in [5.74, 6) is 1.00. The van der Waals surface area contributed by atoms with Crippen molar-refractivity contribution in [2.75, 3.05) is 25.5 Å². The second-order valence-electron chi connectivity index (χ2n) is 9.11. The molecule has 0 amide bonds. The van der Waals surface area contributed by atoms with E-state index in [-0.39, 0.29) is 16.8 Å². The summed E-state index contributed by atoms with van der Waals surface area (Å²) in [6.07, 6.45) is 3.60. The molecular weight excluding hydrogens is 475 g/mol. The van der Waals surface area contributed by atoms with Crippen LogP contribution in [-0.4, -0.2) is 69.6 Å². The number of nitrogens with one attached hydrogen (secondary N) is 1. The molecule has 2 aromatic carbocycles. The lowest BCUT2D eigenvalue weighted by molar-refractivity contribution is 0.0572. The first-order valence-corrected chi connectivity index (χ1v) is 12.1. The van der Waals surface area contributed by atoms with Crippen LogP contribution in [0.1, 0.15) is 25.7 Å². The van der Waals surface area contributed by atoms with Crippen LogP contribution in [0.4, 0.5) is 15.9 Å². The Morgan fingerprint density at radius 1 is 1.06 bits per heavy atom. The molecular formula is C25H28ClFN4O4. The third-order valence-electron chi connectivity index (χ3n) is 6.87. The van der Waals surface area contributed by atoms with Gasteiger partial charge in [0.15, 0.2) is 17.3 Å². The summed E-state index contributed by atoms with van der Waals surface area (Å²) in [5.41, 5.74) is 0.843. The lowest BCUT2D eigenvalue weighted by Gasteiger charge is -2.34. The molecule has 186 valence electrons. The van der Waals surface area contributed by atoms with Gasteiger partial charge in [-0.1, -0.05) is 17.7 Å². The van der Waals surface area contributed by atoms with Crippen LogP contribution in [0.15, 0.2) is 36.7 Å². The summed E-state index contributed by atoms with van der Waals surface area (Å²) in [7, 11) is 1.58. The Labute approximate surface area is 207 Å². The average Bonchev–Trinajstić information content (AvgIpc) is 3.20. The quantitative estimate of drug-likeness (QED) is 0.466. The lowest BCUT2D eigenvalue weighted by atomic mass is 9.92. The van der Waals surface area contributed by atoms with Crippen LogP contribution in [-0.2, 0) is 0 Å². The first-order chi connectivity index (χ1) is 16.9. The Morgan fingerprint density at radius 2 is 1.80 bits per heavy atom. The second kappa shape index (κ2) is 10.1. The van der Waals surface area contributed by atoms with Crippen LogP contribution in [0.25, 0.3) is 10.9 Å². The Bertz CT molecular complexity index is 1200. The highest BCUT2D eigenvalue weighted by Gasteiger charge is 2.36. The van der Waals surface area contributed by atoms with E-state index in [1.807, 2.05) is 6.07 Å². The zero-order chi connectivity index (χ0) is 24.5. The smallest absolute Gasteiger partial charge is 0.165 e. The summed E-state index contributed by atoms with van der Waals surface area (Å²) in [6, 6.07) is 8.67. The summed E-state index contributed by atoms with van der Waals surface area (Å²) in [4.78, 5) is 10.8. The predicted octanol–water partition coefficient (Wildman–Crippen LogP) is 3.90. The van der Waals surface area contributed by atoms with Crippen molar-refractivity contribution in [3.8, 4) is 11.5 Å². The van der Waals surface area contributed by atoms with Crippen LogP contribution >= 0.6 is 11.6 Å². The van der Waals surface area contributed by atoms with Gasteiger partial charge >= 0.3 is 0 Å². The molecule has 35 heavy (non-hydrogen) atoms. The molecule has 2 fully saturated rings. The Kier molecular flexibility index (Phi) is 6.93. The molecule has 10 heteroatoms. The highest BCUT2D eigenvalue weighted by Crippen LogP contribution is 2.38. The van der Waals surface area contributed by atoms with Gasteiger partial charge in [-0.05, 0) is 43.9 Å². The molecule has 2 heterocycles. The minimum absolute atomic E-state index is 0.00136. The highest BCUT2D eigenvalue weighted by atomic mass is 35.5. The number of halogens is 2. The van der Waals surface area contributed by atoms with Crippen molar-refractivity contribution in [3.63, 3.8) is 0 Å². The van der Waals surface area contributed by atoms with Gasteiger partial charge in [-0.2, -0.15) is 0 Å². The van der Waals surface area contributed by atoms with Crippen molar-refractivity contribution in [1.29, 1.82) is 0 Å². The zero-order valence-electron chi connectivity index (χ0n) is 19.3. The van der Waals surface area contributed by atoms with Crippen LogP contribution in [0.3, 0.4) is 0 Å². The Morgan fingerprint density at radius 3 is 2.51 bits per heavy atom. The van der Waals surface area contributed by atoms with E-state index in [0.29, 0.717) is 47.4 Å². The average molecular weight is 503 g/mol. The second-order valence-corrected chi connectivity index (χ2v) is 9.51. The summed E-state index contributed by atoms with van der Waals surface area (Å²) in [6.45, 7) is 1.03. The molecule has 5 rings (SSSR count). The van der Waals surface area contributed by atoms with Crippen LogP contribution < -0.4 is 14.8 Å². The number of rotatable bonds is 6.